The van der Waals surface area contributed by atoms with E-state index in [9.17, 15) is 4.79 Å². The average Bonchev–Trinajstić information content (AvgIpc) is 3.04. The molecule has 0 spiro atoms. The first-order valence-electron chi connectivity index (χ1n) is 6.55. The fourth-order valence-corrected chi connectivity index (χ4v) is 2.04. The van der Waals surface area contributed by atoms with Gasteiger partial charge in [0, 0.05) is 17.0 Å². The number of nitrogens with one attached hydrogen (secondary N) is 1. The van der Waals surface area contributed by atoms with E-state index in [4.69, 9.17) is 9.63 Å². The summed E-state index contributed by atoms with van der Waals surface area (Å²) in [7, 11) is 0. The molecule has 6 heteroatoms. The maximum absolute atomic E-state index is 10.8. The summed E-state index contributed by atoms with van der Waals surface area (Å²) in [4.78, 5) is 18.7. The van der Waals surface area contributed by atoms with Gasteiger partial charge < -0.3 is 14.6 Å². The van der Waals surface area contributed by atoms with Crippen molar-refractivity contribution in [3.63, 3.8) is 0 Å². The molecule has 0 aliphatic heterocycles. The Labute approximate surface area is 120 Å². The van der Waals surface area contributed by atoms with Gasteiger partial charge in [0.1, 0.15) is 11.5 Å². The lowest BCUT2D eigenvalue weighted by Gasteiger charge is -2.13. The van der Waals surface area contributed by atoms with E-state index in [-0.39, 0.29) is 11.2 Å². The van der Waals surface area contributed by atoms with Crippen LogP contribution in [0.25, 0.3) is 22.3 Å². The van der Waals surface area contributed by atoms with E-state index >= 15 is 0 Å². The Kier molecular flexibility index (Phi) is 2.83. The molecule has 0 saturated carbocycles. The van der Waals surface area contributed by atoms with Gasteiger partial charge in [-0.25, -0.2) is 9.78 Å². The Balaban J connectivity index is 2.05. The van der Waals surface area contributed by atoms with E-state index in [0.717, 1.165) is 22.4 Å². The van der Waals surface area contributed by atoms with E-state index in [1.54, 1.807) is 0 Å². The molecule has 0 bridgehead atoms. The summed E-state index contributed by atoms with van der Waals surface area (Å²) in [6.45, 7) is 6.26. The van der Waals surface area contributed by atoms with Gasteiger partial charge in [-0.05, 0) is 12.1 Å². The number of aromatic carboxylic acids is 1. The van der Waals surface area contributed by atoms with Crippen molar-refractivity contribution in [1.82, 2.24) is 15.1 Å². The van der Waals surface area contributed by atoms with Crippen molar-refractivity contribution in [2.75, 3.05) is 0 Å². The number of benzene rings is 1. The monoisotopic (exact) mass is 285 g/mol. The maximum Gasteiger partial charge on any atom is 0.374 e. The Hall–Kier alpha value is -2.63. The van der Waals surface area contributed by atoms with Crippen molar-refractivity contribution in [1.29, 1.82) is 0 Å². The summed E-state index contributed by atoms with van der Waals surface area (Å²) >= 11 is 0. The molecule has 0 radical (unpaired) electrons. The summed E-state index contributed by atoms with van der Waals surface area (Å²) in [5.74, 6) is -0.405. The number of aromatic amines is 1. The topological polar surface area (TPSA) is 92.0 Å². The van der Waals surface area contributed by atoms with Crippen molar-refractivity contribution >= 4 is 17.0 Å². The van der Waals surface area contributed by atoms with Crippen molar-refractivity contribution in [2.24, 2.45) is 0 Å². The SMILES string of the molecule is CC(C)(C)c1nc2ccc(-c3cc(C(=O)O)on3)cc2[nH]1. The summed E-state index contributed by atoms with van der Waals surface area (Å²) < 4.78 is 4.78. The summed E-state index contributed by atoms with van der Waals surface area (Å²) in [6, 6.07) is 7.02. The molecule has 2 aromatic heterocycles. The van der Waals surface area contributed by atoms with Gasteiger partial charge in [0.25, 0.3) is 0 Å². The average molecular weight is 285 g/mol. The van der Waals surface area contributed by atoms with Crippen molar-refractivity contribution in [2.45, 2.75) is 26.2 Å². The highest BCUT2D eigenvalue weighted by molar-refractivity contribution is 5.87. The third kappa shape index (κ3) is 2.40. The van der Waals surface area contributed by atoms with Gasteiger partial charge in [-0.2, -0.15) is 0 Å². The zero-order valence-electron chi connectivity index (χ0n) is 12.0. The predicted octanol–water partition coefficient (Wildman–Crippen LogP) is 3.21. The van der Waals surface area contributed by atoms with Gasteiger partial charge in [-0.3, -0.25) is 0 Å². The van der Waals surface area contributed by atoms with Crippen LogP contribution >= 0.6 is 0 Å². The number of aromatic nitrogens is 3. The van der Waals surface area contributed by atoms with Gasteiger partial charge in [-0.1, -0.05) is 32.0 Å². The molecule has 0 aliphatic rings. The molecule has 3 rings (SSSR count). The van der Waals surface area contributed by atoms with Crippen molar-refractivity contribution in [3.05, 3.63) is 35.9 Å². The molecule has 0 fully saturated rings. The van der Waals surface area contributed by atoms with Crippen LogP contribution in [0, 0.1) is 0 Å². The minimum Gasteiger partial charge on any atom is -0.475 e. The van der Waals surface area contributed by atoms with Crippen molar-refractivity contribution < 1.29 is 14.4 Å². The summed E-state index contributed by atoms with van der Waals surface area (Å²) in [6.07, 6.45) is 0. The van der Waals surface area contributed by atoms with E-state index in [0.29, 0.717) is 5.69 Å². The number of imidazole rings is 1. The Morgan fingerprint density at radius 1 is 1.29 bits per heavy atom. The Morgan fingerprint density at radius 3 is 2.67 bits per heavy atom. The number of carboxylic acid groups (broad SMARTS) is 1. The molecule has 6 nitrogen and oxygen atoms in total. The maximum atomic E-state index is 10.8. The van der Waals surface area contributed by atoms with Gasteiger partial charge >= 0.3 is 5.97 Å². The van der Waals surface area contributed by atoms with Crippen LogP contribution in [0.4, 0.5) is 0 Å². The second kappa shape index (κ2) is 4.44. The molecule has 0 aliphatic carbocycles. The lowest BCUT2D eigenvalue weighted by Crippen LogP contribution is -2.12. The van der Waals surface area contributed by atoms with Crippen LogP contribution in [-0.2, 0) is 5.41 Å². The lowest BCUT2D eigenvalue weighted by atomic mass is 9.96. The Morgan fingerprint density at radius 2 is 2.05 bits per heavy atom. The van der Waals surface area contributed by atoms with E-state index in [1.807, 2.05) is 18.2 Å². The first kappa shape index (κ1) is 13.4. The molecule has 21 heavy (non-hydrogen) atoms. The molecule has 3 aromatic rings. The highest BCUT2D eigenvalue weighted by atomic mass is 16.5. The predicted molar refractivity (Wildman–Crippen MR) is 77.3 cm³/mol. The number of nitrogens with zero attached hydrogens (tertiary/aromatic N) is 2. The van der Waals surface area contributed by atoms with E-state index in [2.05, 4.69) is 35.9 Å². The van der Waals surface area contributed by atoms with Crippen LogP contribution in [0.3, 0.4) is 0 Å². The second-order valence-corrected chi connectivity index (χ2v) is 5.95. The molecular formula is C15H15N3O3. The number of carboxylic acids is 1. The largest absolute Gasteiger partial charge is 0.475 e. The third-order valence-corrected chi connectivity index (χ3v) is 3.21. The quantitative estimate of drug-likeness (QED) is 0.754. The number of rotatable bonds is 2. The minimum absolute atomic E-state index is 0.0659. The minimum atomic E-state index is -1.13. The number of H-pyrrole nitrogens is 1. The van der Waals surface area contributed by atoms with Crippen LogP contribution in [0.2, 0.25) is 0 Å². The Bertz CT molecular complexity index is 824. The number of carbonyl (C=O) groups is 1. The molecule has 108 valence electrons. The first-order valence-corrected chi connectivity index (χ1v) is 6.55. The van der Waals surface area contributed by atoms with Gasteiger partial charge in [-0.15, -0.1) is 0 Å². The molecule has 0 saturated heterocycles. The van der Waals surface area contributed by atoms with Crippen LogP contribution in [0.1, 0.15) is 37.2 Å². The van der Waals surface area contributed by atoms with Crippen LogP contribution in [0.5, 0.6) is 0 Å². The molecule has 2 N–H and O–H groups in total. The molecule has 1 aromatic carbocycles. The number of fused-ring (bicyclic) bond motifs is 1. The van der Waals surface area contributed by atoms with E-state index in [1.165, 1.54) is 6.07 Å². The first-order chi connectivity index (χ1) is 9.84. The summed E-state index contributed by atoms with van der Waals surface area (Å²) in [5.41, 5.74) is 2.95. The van der Waals surface area contributed by atoms with Crippen LogP contribution < -0.4 is 0 Å². The molecule has 0 amide bonds. The molecular weight excluding hydrogens is 270 g/mol. The van der Waals surface area contributed by atoms with Gasteiger partial charge in [0.05, 0.1) is 11.0 Å². The second-order valence-electron chi connectivity index (χ2n) is 5.95. The highest BCUT2D eigenvalue weighted by Gasteiger charge is 2.19. The third-order valence-electron chi connectivity index (χ3n) is 3.21. The fourth-order valence-electron chi connectivity index (χ4n) is 2.04. The lowest BCUT2D eigenvalue weighted by molar-refractivity contribution is 0.0652. The molecule has 0 unspecified atom stereocenters. The summed E-state index contributed by atoms with van der Waals surface area (Å²) in [5, 5.41) is 12.6. The van der Waals surface area contributed by atoms with Gasteiger partial charge in [0.15, 0.2) is 0 Å². The van der Waals surface area contributed by atoms with Gasteiger partial charge in [0.2, 0.25) is 5.76 Å². The standard InChI is InChI=1S/C15H15N3O3/c1-15(2,3)14-16-9-5-4-8(6-11(9)17-14)10-7-12(13(19)20)21-18-10/h4-7H,1-3H3,(H,16,17)(H,19,20). The number of hydrogen-bond acceptors (Lipinski definition) is 4. The molecule has 0 atom stereocenters. The van der Waals surface area contributed by atoms with Crippen LogP contribution in [0.15, 0.2) is 28.8 Å². The fraction of sp³-hybridized carbons (Fsp3) is 0.267. The zero-order chi connectivity index (χ0) is 15.2. The van der Waals surface area contributed by atoms with Crippen LogP contribution in [-0.4, -0.2) is 26.2 Å². The smallest absolute Gasteiger partial charge is 0.374 e. The number of hydrogen-bond donors (Lipinski definition) is 2. The normalized spacial score (nSPS) is 12.0. The van der Waals surface area contributed by atoms with Crippen molar-refractivity contribution in [3.8, 4) is 11.3 Å². The van der Waals surface area contributed by atoms with E-state index < -0.39 is 5.97 Å². The molecule has 2 heterocycles. The zero-order valence-corrected chi connectivity index (χ0v) is 12.0. The highest BCUT2D eigenvalue weighted by Crippen LogP contribution is 2.26.